The predicted molar refractivity (Wildman–Crippen MR) is 48.7 cm³/mol. The summed E-state index contributed by atoms with van der Waals surface area (Å²) in [6, 6.07) is 0. The van der Waals surface area contributed by atoms with Crippen molar-refractivity contribution in [3.8, 4) is 0 Å². The fraction of sp³-hybridized carbons (Fsp3) is 1.00. The van der Waals surface area contributed by atoms with Crippen molar-refractivity contribution in [3.05, 3.63) is 0 Å². The van der Waals surface area contributed by atoms with Gasteiger partial charge in [0.15, 0.2) is 0 Å². The molecule has 2 heteroatoms. The summed E-state index contributed by atoms with van der Waals surface area (Å²) < 4.78 is 0. The van der Waals surface area contributed by atoms with Crippen LogP contribution in [0.2, 0.25) is 0 Å². The van der Waals surface area contributed by atoms with Gasteiger partial charge >= 0.3 is 0 Å². The highest BCUT2D eigenvalue weighted by Crippen LogP contribution is 2.22. The Balaban J connectivity index is 3.07. The minimum Gasteiger partial charge on any atom is -0.0817 e. The van der Waals surface area contributed by atoms with E-state index in [-0.39, 0.29) is 0 Å². The van der Waals surface area contributed by atoms with Gasteiger partial charge < -0.3 is 0 Å². The zero-order valence-electron chi connectivity index (χ0n) is 6.44. The van der Waals surface area contributed by atoms with E-state index < -0.39 is 0 Å². The summed E-state index contributed by atoms with van der Waals surface area (Å²) in [5.74, 6) is 1.13. The van der Waals surface area contributed by atoms with E-state index in [2.05, 4.69) is 20.8 Å². The normalized spacial score (nSPS) is 12.0. The van der Waals surface area contributed by atoms with E-state index in [0.29, 0.717) is 5.41 Å². The van der Waals surface area contributed by atoms with Crippen LogP contribution in [0.15, 0.2) is 0 Å². The third kappa shape index (κ3) is 8.70. The molecule has 0 aromatic carbocycles. The van der Waals surface area contributed by atoms with Crippen LogP contribution in [0.5, 0.6) is 0 Å². The topological polar surface area (TPSA) is 0 Å². The van der Waals surface area contributed by atoms with E-state index in [0.717, 1.165) is 5.75 Å². The fourth-order valence-corrected chi connectivity index (χ4v) is 1.28. The minimum absolute atomic E-state index is 0.491. The van der Waals surface area contributed by atoms with Gasteiger partial charge in [-0.15, -0.1) is 0 Å². The first-order chi connectivity index (χ1) is 4.06. The fourth-order valence-electron chi connectivity index (χ4n) is 0.661. The van der Waals surface area contributed by atoms with Gasteiger partial charge in [-0.3, -0.25) is 0 Å². The van der Waals surface area contributed by atoms with Gasteiger partial charge in [-0.05, 0) is 29.9 Å². The lowest BCUT2D eigenvalue weighted by molar-refractivity contribution is 0.375. The van der Waals surface area contributed by atoms with Crippen LogP contribution in [-0.2, 0) is 0 Å². The zero-order chi connectivity index (χ0) is 7.33. The van der Waals surface area contributed by atoms with Crippen LogP contribution in [0.25, 0.3) is 0 Å². The van der Waals surface area contributed by atoms with Gasteiger partial charge in [-0.2, -0.15) is 0 Å². The number of hydrogen-bond acceptors (Lipinski definition) is 1. The predicted octanol–water partition coefficient (Wildman–Crippen LogP) is 3.66. The van der Waals surface area contributed by atoms with Gasteiger partial charge in [0.2, 0.25) is 0 Å². The van der Waals surface area contributed by atoms with Gasteiger partial charge in [-0.25, -0.2) is 0 Å². The number of hydrogen-bond donors (Lipinski definition) is 0. The molecule has 0 nitrogen and oxygen atoms in total. The molecule has 0 N–H and O–H groups in total. The molecule has 0 aliphatic carbocycles. The molecule has 0 aromatic rings. The van der Waals surface area contributed by atoms with E-state index in [1.807, 2.05) is 0 Å². The Bertz CT molecular complexity index is 63.8. The summed E-state index contributed by atoms with van der Waals surface area (Å²) in [6.45, 7) is 6.79. The van der Waals surface area contributed by atoms with Crippen LogP contribution in [-0.4, -0.2) is 5.75 Å². The maximum Gasteiger partial charge on any atom is 0.00456 e. The first-order valence-electron chi connectivity index (χ1n) is 3.31. The van der Waals surface area contributed by atoms with Crippen LogP contribution in [0.4, 0.5) is 0 Å². The molecule has 0 atom stereocenters. The van der Waals surface area contributed by atoms with Crippen molar-refractivity contribution >= 4 is 22.5 Å². The van der Waals surface area contributed by atoms with E-state index in [1.54, 1.807) is 0 Å². The third-order valence-electron chi connectivity index (χ3n) is 1.15. The van der Waals surface area contributed by atoms with Gasteiger partial charge in [0.05, 0.1) is 0 Å². The maximum atomic E-state index is 4.76. The summed E-state index contributed by atoms with van der Waals surface area (Å²) in [5, 5.41) is 0. The molecule has 0 saturated heterocycles. The molecule has 0 rings (SSSR count). The Morgan fingerprint density at radius 1 is 1.33 bits per heavy atom. The molecule has 0 spiro atoms. The molecular weight excluding hydrogens is 148 g/mol. The van der Waals surface area contributed by atoms with Crippen molar-refractivity contribution in [2.75, 3.05) is 5.75 Å². The second-order valence-electron chi connectivity index (χ2n) is 3.49. The van der Waals surface area contributed by atoms with Crippen LogP contribution in [0.1, 0.15) is 33.6 Å². The van der Waals surface area contributed by atoms with Crippen molar-refractivity contribution in [2.24, 2.45) is 5.41 Å². The maximum absolute atomic E-state index is 4.76. The summed E-state index contributed by atoms with van der Waals surface area (Å²) >= 11 is 4.76. The molecule has 0 aliphatic heterocycles. The lowest BCUT2D eigenvalue weighted by Gasteiger charge is -2.16. The highest BCUT2D eigenvalue weighted by atomic mass is 33.1. The van der Waals surface area contributed by atoms with E-state index in [9.17, 15) is 0 Å². The summed E-state index contributed by atoms with van der Waals surface area (Å²) in [5.41, 5.74) is 0.491. The second-order valence-corrected chi connectivity index (χ2v) is 4.84. The van der Waals surface area contributed by atoms with Crippen LogP contribution < -0.4 is 0 Å². The molecule has 0 bridgehead atoms. The molecule has 0 amide bonds. The van der Waals surface area contributed by atoms with Crippen LogP contribution >= 0.6 is 22.5 Å². The lowest BCUT2D eigenvalue weighted by atomic mass is 9.91. The first-order valence-corrected chi connectivity index (χ1v) is 5.22. The molecule has 0 unspecified atom stereocenters. The Labute approximate surface area is 67.6 Å². The molecule has 0 heterocycles. The molecule has 0 saturated carbocycles. The third-order valence-corrected chi connectivity index (χ3v) is 2.11. The highest BCUT2D eigenvalue weighted by Gasteiger charge is 2.08. The summed E-state index contributed by atoms with van der Waals surface area (Å²) in [6.07, 6.45) is 2.55. The van der Waals surface area contributed by atoms with Gasteiger partial charge in [-0.1, -0.05) is 31.6 Å². The summed E-state index contributed by atoms with van der Waals surface area (Å²) in [7, 11) is 1.53. The average Bonchev–Trinajstić information content (AvgIpc) is 1.63. The van der Waals surface area contributed by atoms with Gasteiger partial charge in [0, 0.05) is 5.75 Å². The van der Waals surface area contributed by atoms with E-state index in [1.165, 1.54) is 23.6 Å². The SMILES string of the molecule is CC(C)(C)CCCS[S]. The molecule has 9 heavy (non-hydrogen) atoms. The quantitative estimate of drug-likeness (QED) is 0.452. The monoisotopic (exact) mass is 163 g/mol. The molecule has 55 valence electrons. The van der Waals surface area contributed by atoms with Crippen molar-refractivity contribution in [2.45, 2.75) is 33.6 Å². The van der Waals surface area contributed by atoms with Gasteiger partial charge in [0.25, 0.3) is 0 Å². The van der Waals surface area contributed by atoms with Crippen molar-refractivity contribution in [3.63, 3.8) is 0 Å². The van der Waals surface area contributed by atoms with E-state index >= 15 is 0 Å². The van der Waals surface area contributed by atoms with Crippen LogP contribution in [0, 0.1) is 5.41 Å². The Kier molecular flexibility index (Phi) is 4.86. The largest absolute Gasteiger partial charge is 0.0817 e. The first kappa shape index (κ1) is 9.70. The molecule has 0 fully saturated rings. The molecular formula is C7H15S2. The minimum atomic E-state index is 0.491. The average molecular weight is 163 g/mol. The van der Waals surface area contributed by atoms with Crippen molar-refractivity contribution in [1.82, 2.24) is 0 Å². The Morgan fingerprint density at radius 2 is 1.89 bits per heavy atom. The molecule has 1 radical (unpaired) electrons. The lowest BCUT2D eigenvalue weighted by Crippen LogP contribution is -2.04. The van der Waals surface area contributed by atoms with Crippen LogP contribution in [0.3, 0.4) is 0 Å². The van der Waals surface area contributed by atoms with Gasteiger partial charge in [0.1, 0.15) is 0 Å². The Hall–Kier alpha value is 0.700. The smallest absolute Gasteiger partial charge is 0.00456 e. The molecule has 0 aromatic heterocycles. The van der Waals surface area contributed by atoms with Crippen molar-refractivity contribution < 1.29 is 0 Å². The van der Waals surface area contributed by atoms with E-state index in [4.69, 9.17) is 11.7 Å². The summed E-state index contributed by atoms with van der Waals surface area (Å²) in [4.78, 5) is 0. The second kappa shape index (κ2) is 4.51. The standard InChI is InChI=1S/C7H15S2/c1-7(2,3)5-4-6-9-8/h4-6H2,1-3H3. The highest BCUT2D eigenvalue weighted by molar-refractivity contribution is 8.68. The molecule has 0 aliphatic rings. The zero-order valence-corrected chi connectivity index (χ0v) is 8.07. The Morgan fingerprint density at radius 3 is 2.22 bits per heavy atom. The van der Waals surface area contributed by atoms with Crippen molar-refractivity contribution in [1.29, 1.82) is 0 Å². The number of rotatable bonds is 3.